The molecule has 1 aliphatic rings. The van der Waals surface area contributed by atoms with Crippen LogP contribution >= 0.6 is 0 Å². The van der Waals surface area contributed by atoms with Crippen molar-refractivity contribution in [2.24, 2.45) is 0 Å². The number of benzene rings is 1. The third kappa shape index (κ3) is 4.62. The Hall–Kier alpha value is -3.80. The topological polar surface area (TPSA) is 133 Å². The van der Waals surface area contributed by atoms with Crippen molar-refractivity contribution in [3.8, 4) is 5.75 Å². The maximum atomic E-state index is 13.1. The van der Waals surface area contributed by atoms with Crippen molar-refractivity contribution in [1.82, 2.24) is 20.2 Å². The molecule has 2 amide bonds. The highest BCUT2D eigenvalue weighted by molar-refractivity contribution is 7.92. The third-order valence-electron chi connectivity index (χ3n) is 5.51. The first kappa shape index (κ1) is 23.4. The molecule has 1 fully saturated rings. The molecule has 0 bridgehead atoms. The van der Waals surface area contributed by atoms with E-state index in [4.69, 9.17) is 0 Å². The van der Waals surface area contributed by atoms with Gasteiger partial charge in [0.15, 0.2) is 17.3 Å². The van der Waals surface area contributed by atoms with Gasteiger partial charge in [0.2, 0.25) is 15.9 Å². The Morgan fingerprint density at radius 1 is 1.15 bits per heavy atom. The van der Waals surface area contributed by atoms with E-state index in [1.807, 2.05) is 0 Å². The molecule has 4 rings (SSSR count). The highest BCUT2D eigenvalue weighted by atomic mass is 32.2. The van der Waals surface area contributed by atoms with Crippen LogP contribution in [0.5, 0.6) is 5.75 Å². The molecule has 0 spiro atoms. The van der Waals surface area contributed by atoms with Gasteiger partial charge in [0, 0.05) is 38.1 Å². The number of carbonyl (C=O) groups is 2. The molecular weight excluding hydrogens is 465 g/mol. The average Bonchev–Trinajstić information content (AvgIpc) is 2.97. The van der Waals surface area contributed by atoms with E-state index < -0.39 is 33.2 Å². The summed E-state index contributed by atoms with van der Waals surface area (Å²) >= 11 is 0. The highest BCUT2D eigenvalue weighted by Crippen LogP contribution is 2.34. The molecule has 2 aromatic heterocycles. The third-order valence-corrected chi connectivity index (χ3v) is 7.23. The lowest BCUT2D eigenvalue weighted by molar-refractivity contribution is -0.128. The van der Waals surface area contributed by atoms with Crippen LogP contribution in [-0.2, 0) is 21.4 Å². The average molecular weight is 488 g/mol. The number of pyridine rings is 2. The van der Waals surface area contributed by atoms with Gasteiger partial charge in [-0.25, -0.2) is 17.8 Å². The smallest absolute Gasteiger partial charge is 0.274 e. The van der Waals surface area contributed by atoms with Crippen LogP contribution in [0.4, 0.5) is 10.2 Å². The molecule has 0 saturated carbocycles. The number of hydrogen-bond donors (Lipinski definition) is 2. The van der Waals surface area contributed by atoms with Crippen LogP contribution in [0.15, 0.2) is 42.6 Å². The Bertz CT molecular complexity index is 1360. The first-order valence-corrected chi connectivity index (χ1v) is 12.0. The fourth-order valence-electron chi connectivity index (χ4n) is 3.67. The molecule has 0 aliphatic carbocycles. The number of rotatable bonds is 4. The molecule has 1 saturated heterocycles. The van der Waals surface area contributed by atoms with Crippen LogP contribution in [0.2, 0.25) is 0 Å². The summed E-state index contributed by atoms with van der Waals surface area (Å²) in [6, 6.07) is 8.62. The van der Waals surface area contributed by atoms with Gasteiger partial charge in [0.05, 0.1) is 12.3 Å². The zero-order chi connectivity index (χ0) is 24.5. The highest BCUT2D eigenvalue weighted by Gasteiger charge is 2.32. The minimum Gasteiger partial charge on any atom is -0.504 e. The van der Waals surface area contributed by atoms with Gasteiger partial charge in [0.1, 0.15) is 11.3 Å². The molecule has 3 aromatic rings. The molecule has 34 heavy (non-hydrogen) atoms. The Balaban J connectivity index is 1.74. The lowest BCUT2D eigenvalue weighted by atomic mass is 10.2. The van der Waals surface area contributed by atoms with Gasteiger partial charge in [-0.05, 0) is 29.8 Å². The largest absolute Gasteiger partial charge is 0.504 e. The zero-order valence-electron chi connectivity index (χ0n) is 18.2. The lowest BCUT2D eigenvalue weighted by Gasteiger charge is -2.23. The van der Waals surface area contributed by atoms with Crippen molar-refractivity contribution in [2.45, 2.75) is 13.5 Å². The van der Waals surface area contributed by atoms with E-state index in [1.54, 1.807) is 12.1 Å². The van der Waals surface area contributed by atoms with Crippen LogP contribution in [0.3, 0.4) is 0 Å². The summed E-state index contributed by atoms with van der Waals surface area (Å²) in [6.45, 7) is 1.51. The van der Waals surface area contributed by atoms with E-state index in [0.717, 1.165) is 4.31 Å². The molecule has 0 atom stereocenters. The molecule has 12 heteroatoms. The van der Waals surface area contributed by atoms with Crippen molar-refractivity contribution in [3.05, 3.63) is 59.7 Å². The van der Waals surface area contributed by atoms with Crippen LogP contribution in [0.25, 0.3) is 10.9 Å². The predicted molar refractivity (Wildman–Crippen MR) is 122 cm³/mol. The standard InChI is InChI=1S/C22H22FN5O5S/c1-14(29)27-9-10-28(34(32,33)12-11-27)21-17-3-2-8-24-18(17)20(30)19(26-21)22(31)25-13-15-4-6-16(23)7-5-15/h2-8,30H,9-13H2,1H3,(H,25,31). The summed E-state index contributed by atoms with van der Waals surface area (Å²) in [5.74, 6) is -2.28. The van der Waals surface area contributed by atoms with Crippen LogP contribution in [0.1, 0.15) is 23.0 Å². The van der Waals surface area contributed by atoms with E-state index in [-0.39, 0.29) is 54.6 Å². The second-order valence-corrected chi connectivity index (χ2v) is 9.75. The molecule has 3 heterocycles. The van der Waals surface area contributed by atoms with E-state index in [0.29, 0.717) is 5.56 Å². The summed E-state index contributed by atoms with van der Waals surface area (Å²) in [5, 5.41) is 13.6. The summed E-state index contributed by atoms with van der Waals surface area (Å²) in [6.07, 6.45) is 1.40. The number of sulfonamides is 1. The molecular formula is C22H22FN5O5S. The van der Waals surface area contributed by atoms with Crippen molar-refractivity contribution in [3.63, 3.8) is 0 Å². The summed E-state index contributed by atoms with van der Waals surface area (Å²) in [7, 11) is -3.89. The second-order valence-electron chi connectivity index (χ2n) is 7.74. The van der Waals surface area contributed by atoms with E-state index in [9.17, 15) is 27.5 Å². The molecule has 10 nitrogen and oxygen atoms in total. The Morgan fingerprint density at radius 2 is 1.88 bits per heavy atom. The van der Waals surface area contributed by atoms with Gasteiger partial charge >= 0.3 is 0 Å². The predicted octanol–water partition coefficient (Wildman–Crippen LogP) is 1.40. The minimum atomic E-state index is -3.89. The SMILES string of the molecule is CC(=O)N1CCN(c2nc(C(=O)NCc3ccc(F)cc3)c(O)c3ncccc23)S(=O)(=O)CC1. The molecule has 1 aromatic carbocycles. The van der Waals surface area contributed by atoms with Gasteiger partial charge in [0.25, 0.3) is 5.91 Å². The van der Waals surface area contributed by atoms with Gasteiger partial charge in [-0.15, -0.1) is 0 Å². The van der Waals surface area contributed by atoms with Gasteiger partial charge in [-0.3, -0.25) is 18.9 Å². The molecule has 0 radical (unpaired) electrons. The van der Waals surface area contributed by atoms with Crippen molar-refractivity contribution < 1.29 is 27.5 Å². The lowest BCUT2D eigenvalue weighted by Crippen LogP contribution is -2.36. The van der Waals surface area contributed by atoms with Crippen molar-refractivity contribution in [2.75, 3.05) is 29.7 Å². The van der Waals surface area contributed by atoms with Crippen LogP contribution in [0, 0.1) is 5.82 Å². The van der Waals surface area contributed by atoms with Crippen molar-refractivity contribution in [1.29, 1.82) is 0 Å². The Labute approximate surface area is 195 Å². The number of nitrogens with zero attached hydrogens (tertiary/aromatic N) is 4. The maximum Gasteiger partial charge on any atom is 0.274 e. The zero-order valence-corrected chi connectivity index (χ0v) is 19.0. The molecule has 0 unspecified atom stereocenters. The van der Waals surface area contributed by atoms with Gasteiger partial charge < -0.3 is 15.3 Å². The maximum absolute atomic E-state index is 13.1. The van der Waals surface area contributed by atoms with Gasteiger partial charge in [-0.2, -0.15) is 0 Å². The number of carbonyl (C=O) groups excluding carboxylic acids is 2. The molecule has 1 aliphatic heterocycles. The number of aromatic hydroxyl groups is 1. The fraction of sp³-hybridized carbons (Fsp3) is 0.273. The quantitative estimate of drug-likeness (QED) is 0.568. The number of aromatic nitrogens is 2. The fourth-order valence-corrected chi connectivity index (χ4v) is 5.11. The number of fused-ring (bicyclic) bond motifs is 1. The van der Waals surface area contributed by atoms with E-state index in [2.05, 4.69) is 15.3 Å². The molecule has 2 N–H and O–H groups in total. The number of halogens is 1. The Kier molecular flexibility index (Phi) is 6.33. The first-order valence-electron chi connectivity index (χ1n) is 10.4. The van der Waals surface area contributed by atoms with Gasteiger partial charge in [-0.1, -0.05) is 12.1 Å². The van der Waals surface area contributed by atoms with E-state index >= 15 is 0 Å². The van der Waals surface area contributed by atoms with Crippen LogP contribution in [-0.4, -0.2) is 65.6 Å². The van der Waals surface area contributed by atoms with Crippen molar-refractivity contribution >= 4 is 38.6 Å². The summed E-state index contributed by atoms with van der Waals surface area (Å²) in [5.41, 5.74) is 0.237. The minimum absolute atomic E-state index is 0.0160. The second kappa shape index (κ2) is 9.21. The number of anilines is 1. The molecule has 178 valence electrons. The first-order chi connectivity index (χ1) is 16.2. The summed E-state index contributed by atoms with van der Waals surface area (Å²) < 4.78 is 40.3. The number of amides is 2. The number of nitrogens with one attached hydrogen (secondary N) is 1. The van der Waals surface area contributed by atoms with Crippen LogP contribution < -0.4 is 9.62 Å². The van der Waals surface area contributed by atoms with E-state index in [1.165, 1.54) is 42.3 Å². The summed E-state index contributed by atoms with van der Waals surface area (Å²) in [4.78, 5) is 34.5. The number of hydrogen-bond acceptors (Lipinski definition) is 7. The Morgan fingerprint density at radius 3 is 2.59 bits per heavy atom. The monoisotopic (exact) mass is 487 g/mol. The normalized spacial score (nSPS) is 15.7.